The number of nitrogens with one attached hydrogen (secondary N) is 1. The van der Waals surface area contributed by atoms with Gasteiger partial charge in [0.1, 0.15) is 0 Å². The minimum absolute atomic E-state index is 0.176. The molecule has 2 rings (SSSR count). The number of likely N-dealkylation sites (N-methyl/N-ethyl adjacent to an activating group) is 1. The highest BCUT2D eigenvalue weighted by Crippen LogP contribution is 2.36. The summed E-state index contributed by atoms with van der Waals surface area (Å²) in [6.45, 7) is 10.8. The van der Waals surface area contributed by atoms with E-state index in [1.807, 2.05) is 0 Å². The second-order valence-corrected chi connectivity index (χ2v) is 6.14. The molecule has 0 saturated carbocycles. The van der Waals surface area contributed by atoms with Gasteiger partial charge in [-0.05, 0) is 29.5 Å². The van der Waals surface area contributed by atoms with Crippen LogP contribution in [0.2, 0.25) is 0 Å². The molecule has 0 amide bonds. The Labute approximate surface area is 111 Å². The van der Waals surface area contributed by atoms with Crippen LogP contribution in [-0.4, -0.2) is 19.2 Å². The van der Waals surface area contributed by atoms with Crippen LogP contribution in [0.5, 0.6) is 0 Å². The number of hydrogen-bond donors (Lipinski definition) is 1. The molecule has 1 aromatic carbocycles. The molecule has 1 aromatic rings. The van der Waals surface area contributed by atoms with Gasteiger partial charge in [0.15, 0.2) is 0 Å². The van der Waals surface area contributed by atoms with Gasteiger partial charge in [-0.3, -0.25) is 0 Å². The number of ether oxygens (including phenoxy) is 1. The van der Waals surface area contributed by atoms with Crippen molar-refractivity contribution in [1.82, 2.24) is 5.32 Å². The van der Waals surface area contributed by atoms with Crippen molar-refractivity contribution in [3.63, 3.8) is 0 Å². The van der Waals surface area contributed by atoms with Crippen LogP contribution in [-0.2, 0) is 11.2 Å². The third-order valence-corrected chi connectivity index (χ3v) is 3.69. The quantitative estimate of drug-likeness (QED) is 0.884. The van der Waals surface area contributed by atoms with Crippen LogP contribution < -0.4 is 5.32 Å². The molecular weight excluding hydrogens is 222 g/mol. The van der Waals surface area contributed by atoms with Crippen LogP contribution >= 0.6 is 0 Å². The van der Waals surface area contributed by atoms with Crippen LogP contribution in [0.25, 0.3) is 0 Å². The van der Waals surface area contributed by atoms with E-state index < -0.39 is 0 Å². The van der Waals surface area contributed by atoms with Crippen molar-refractivity contribution in [2.75, 3.05) is 13.2 Å². The zero-order valence-electron chi connectivity index (χ0n) is 12.0. The zero-order chi connectivity index (χ0) is 13.2. The zero-order valence-corrected chi connectivity index (χ0v) is 12.0. The van der Waals surface area contributed by atoms with Gasteiger partial charge in [-0.2, -0.15) is 0 Å². The molecule has 1 N–H and O–H groups in total. The monoisotopic (exact) mass is 247 g/mol. The predicted molar refractivity (Wildman–Crippen MR) is 75.8 cm³/mol. The van der Waals surface area contributed by atoms with Crippen LogP contribution in [0.4, 0.5) is 0 Å². The Kier molecular flexibility index (Phi) is 4.08. The molecule has 0 radical (unpaired) electrons. The lowest BCUT2D eigenvalue weighted by Crippen LogP contribution is -2.46. The molecule has 2 nitrogen and oxygen atoms in total. The fourth-order valence-electron chi connectivity index (χ4n) is 2.79. The highest BCUT2D eigenvalue weighted by atomic mass is 16.5. The number of fused-ring (bicyclic) bond motifs is 1. The van der Waals surface area contributed by atoms with Gasteiger partial charge in [0.05, 0.1) is 12.7 Å². The summed E-state index contributed by atoms with van der Waals surface area (Å²) >= 11 is 0. The molecule has 0 fully saturated rings. The maximum Gasteiger partial charge on any atom is 0.0985 e. The van der Waals surface area contributed by atoms with Crippen molar-refractivity contribution in [1.29, 1.82) is 0 Å². The minimum Gasteiger partial charge on any atom is -0.372 e. The number of benzene rings is 1. The van der Waals surface area contributed by atoms with Gasteiger partial charge < -0.3 is 10.1 Å². The average Bonchev–Trinajstić information content (AvgIpc) is 2.34. The topological polar surface area (TPSA) is 21.3 Å². The summed E-state index contributed by atoms with van der Waals surface area (Å²) in [7, 11) is 0. The average molecular weight is 247 g/mol. The third-order valence-electron chi connectivity index (χ3n) is 3.69. The first kappa shape index (κ1) is 13.6. The van der Waals surface area contributed by atoms with E-state index in [9.17, 15) is 0 Å². The molecule has 1 heterocycles. The van der Waals surface area contributed by atoms with Crippen molar-refractivity contribution in [3.8, 4) is 0 Å². The largest absolute Gasteiger partial charge is 0.372 e. The van der Waals surface area contributed by atoms with Crippen LogP contribution in [0.1, 0.15) is 44.9 Å². The first-order chi connectivity index (χ1) is 8.54. The Bertz CT molecular complexity index is 394. The van der Waals surface area contributed by atoms with Crippen molar-refractivity contribution < 1.29 is 4.74 Å². The lowest BCUT2D eigenvalue weighted by molar-refractivity contribution is -0.0134. The third kappa shape index (κ3) is 2.76. The van der Waals surface area contributed by atoms with Gasteiger partial charge in [0.2, 0.25) is 0 Å². The van der Waals surface area contributed by atoms with E-state index >= 15 is 0 Å². The Balaban J connectivity index is 2.32. The first-order valence-electron chi connectivity index (χ1n) is 6.97. The normalized spacial score (nSPS) is 21.4. The van der Waals surface area contributed by atoms with Gasteiger partial charge in [0.25, 0.3) is 0 Å². The van der Waals surface area contributed by atoms with Crippen molar-refractivity contribution in [2.45, 2.75) is 46.3 Å². The Morgan fingerprint density at radius 1 is 1.33 bits per heavy atom. The summed E-state index contributed by atoms with van der Waals surface area (Å²) in [5, 5.41) is 3.61. The highest BCUT2D eigenvalue weighted by molar-refractivity contribution is 5.32. The van der Waals surface area contributed by atoms with E-state index in [1.165, 1.54) is 11.1 Å². The van der Waals surface area contributed by atoms with Gasteiger partial charge in [-0.1, -0.05) is 52.0 Å². The minimum atomic E-state index is 0.176. The lowest BCUT2D eigenvalue weighted by atomic mass is 9.79. The smallest absolute Gasteiger partial charge is 0.0985 e. The molecule has 0 spiro atoms. The van der Waals surface area contributed by atoms with Crippen molar-refractivity contribution in [3.05, 3.63) is 35.4 Å². The van der Waals surface area contributed by atoms with Gasteiger partial charge in [-0.25, -0.2) is 0 Å². The van der Waals surface area contributed by atoms with E-state index in [0.29, 0.717) is 6.04 Å². The highest BCUT2D eigenvalue weighted by Gasteiger charge is 2.35. The molecule has 1 aliphatic rings. The summed E-state index contributed by atoms with van der Waals surface area (Å²) in [5.74, 6) is 0. The second-order valence-electron chi connectivity index (χ2n) is 6.14. The molecule has 18 heavy (non-hydrogen) atoms. The molecule has 0 aromatic heterocycles. The van der Waals surface area contributed by atoms with Gasteiger partial charge in [0, 0.05) is 6.04 Å². The van der Waals surface area contributed by atoms with Crippen molar-refractivity contribution in [2.24, 2.45) is 5.41 Å². The molecule has 0 aliphatic carbocycles. The van der Waals surface area contributed by atoms with E-state index in [0.717, 1.165) is 19.6 Å². The molecule has 2 heteroatoms. The second kappa shape index (κ2) is 5.41. The maximum atomic E-state index is 6.08. The van der Waals surface area contributed by atoms with Crippen LogP contribution in [0.15, 0.2) is 24.3 Å². The van der Waals surface area contributed by atoms with Crippen LogP contribution in [0.3, 0.4) is 0 Å². The van der Waals surface area contributed by atoms with Crippen LogP contribution in [0, 0.1) is 5.41 Å². The van der Waals surface area contributed by atoms with E-state index in [4.69, 9.17) is 4.74 Å². The fourth-order valence-corrected chi connectivity index (χ4v) is 2.79. The van der Waals surface area contributed by atoms with Gasteiger partial charge in [-0.15, -0.1) is 0 Å². The first-order valence-corrected chi connectivity index (χ1v) is 6.97. The Morgan fingerprint density at radius 3 is 2.72 bits per heavy atom. The number of hydrogen-bond acceptors (Lipinski definition) is 2. The maximum absolute atomic E-state index is 6.08. The predicted octanol–water partition coefficient (Wildman–Crippen LogP) is 3.32. The summed E-state index contributed by atoms with van der Waals surface area (Å²) in [6.07, 6.45) is 1.21. The molecule has 2 unspecified atom stereocenters. The summed E-state index contributed by atoms with van der Waals surface area (Å²) < 4.78 is 6.08. The van der Waals surface area contributed by atoms with E-state index in [2.05, 4.69) is 57.3 Å². The fraction of sp³-hybridized carbons (Fsp3) is 0.625. The molecule has 0 saturated heterocycles. The van der Waals surface area contributed by atoms with E-state index in [-0.39, 0.29) is 11.5 Å². The summed E-state index contributed by atoms with van der Waals surface area (Å²) in [5.41, 5.74) is 3.00. The molecule has 0 bridgehead atoms. The molecular formula is C16H25NO. The molecule has 100 valence electrons. The number of rotatable bonds is 3. The van der Waals surface area contributed by atoms with Gasteiger partial charge >= 0.3 is 0 Å². The van der Waals surface area contributed by atoms with Crippen molar-refractivity contribution >= 4 is 0 Å². The molecule has 1 aliphatic heterocycles. The summed E-state index contributed by atoms with van der Waals surface area (Å²) in [4.78, 5) is 0. The Hall–Kier alpha value is -0.860. The SMILES string of the molecule is CCNC(C1OCCc2ccccc21)C(C)(C)C. The standard InChI is InChI=1S/C16H25NO/c1-5-17-15(16(2,3)4)14-13-9-7-6-8-12(13)10-11-18-14/h6-9,14-15,17H,5,10-11H2,1-4H3. The lowest BCUT2D eigenvalue weighted by Gasteiger charge is -2.40. The molecule has 2 atom stereocenters. The summed E-state index contributed by atoms with van der Waals surface area (Å²) in [6, 6.07) is 9.04. The Morgan fingerprint density at radius 2 is 2.06 bits per heavy atom. The van der Waals surface area contributed by atoms with E-state index in [1.54, 1.807) is 0 Å².